The van der Waals surface area contributed by atoms with Gasteiger partial charge in [-0.05, 0) is 48.0 Å². The number of barbiturate groups is 1. The van der Waals surface area contributed by atoms with Gasteiger partial charge in [0.05, 0.1) is 18.9 Å². The third-order valence-corrected chi connectivity index (χ3v) is 5.02. The number of hydrogen-bond donors (Lipinski definition) is 1. The number of carbonyl (C=O) groups is 3. The van der Waals surface area contributed by atoms with Crippen LogP contribution in [0.3, 0.4) is 0 Å². The van der Waals surface area contributed by atoms with E-state index < -0.39 is 17.8 Å². The zero-order valence-corrected chi connectivity index (χ0v) is 16.2. The van der Waals surface area contributed by atoms with E-state index in [-0.39, 0.29) is 5.57 Å². The first-order valence-electron chi connectivity index (χ1n) is 9.13. The lowest BCUT2D eigenvalue weighted by Crippen LogP contribution is -2.54. The molecule has 29 heavy (non-hydrogen) atoms. The molecule has 2 saturated heterocycles. The summed E-state index contributed by atoms with van der Waals surface area (Å²) in [6, 6.07) is 13.0. The van der Waals surface area contributed by atoms with Gasteiger partial charge in [-0.15, -0.1) is 0 Å². The Hall–Kier alpha value is -3.16. The van der Waals surface area contributed by atoms with Crippen LogP contribution >= 0.6 is 11.6 Å². The van der Waals surface area contributed by atoms with E-state index >= 15 is 0 Å². The smallest absolute Gasteiger partial charge is 0.335 e. The third kappa shape index (κ3) is 4.01. The predicted molar refractivity (Wildman–Crippen MR) is 110 cm³/mol. The minimum Gasteiger partial charge on any atom is -0.378 e. The standard InChI is InChI=1S/C21H18ClN3O4/c22-15-3-7-17(8-4-15)25-20(27)18(19(26)23-21(25)28)13-14-1-5-16(6-2-14)24-9-11-29-12-10-24/h1-8,13H,9-12H2,(H,23,26,28)/b18-13+. The third-order valence-electron chi connectivity index (χ3n) is 4.77. The molecule has 0 bridgehead atoms. The van der Waals surface area contributed by atoms with Gasteiger partial charge in [0.2, 0.25) is 0 Å². The largest absolute Gasteiger partial charge is 0.378 e. The second-order valence-electron chi connectivity index (χ2n) is 6.63. The highest BCUT2D eigenvalue weighted by Crippen LogP contribution is 2.24. The quantitative estimate of drug-likeness (QED) is 0.620. The maximum atomic E-state index is 12.9. The number of rotatable bonds is 3. The number of amides is 4. The number of carbonyl (C=O) groups excluding carboxylic acids is 3. The molecule has 0 radical (unpaired) electrons. The van der Waals surface area contributed by atoms with Gasteiger partial charge in [-0.25, -0.2) is 9.69 Å². The van der Waals surface area contributed by atoms with Gasteiger partial charge < -0.3 is 9.64 Å². The van der Waals surface area contributed by atoms with Crippen molar-refractivity contribution in [2.75, 3.05) is 36.1 Å². The molecule has 7 nitrogen and oxygen atoms in total. The molecular weight excluding hydrogens is 394 g/mol. The molecule has 4 amide bonds. The number of halogens is 1. The van der Waals surface area contributed by atoms with Crippen LogP contribution in [0.15, 0.2) is 54.1 Å². The fourth-order valence-corrected chi connectivity index (χ4v) is 3.38. The molecule has 1 N–H and O–H groups in total. The first-order chi connectivity index (χ1) is 14.0. The Bertz CT molecular complexity index is 980. The van der Waals surface area contributed by atoms with Crippen LogP contribution in [0.4, 0.5) is 16.2 Å². The number of morpholine rings is 1. The van der Waals surface area contributed by atoms with Gasteiger partial charge >= 0.3 is 6.03 Å². The van der Waals surface area contributed by atoms with Crippen LogP contribution in [-0.4, -0.2) is 44.1 Å². The van der Waals surface area contributed by atoms with E-state index in [0.717, 1.165) is 23.7 Å². The molecule has 2 aliphatic heterocycles. The van der Waals surface area contributed by atoms with Gasteiger partial charge in [-0.2, -0.15) is 0 Å². The fraction of sp³-hybridized carbons (Fsp3) is 0.190. The Morgan fingerprint density at radius 2 is 1.52 bits per heavy atom. The highest BCUT2D eigenvalue weighted by Gasteiger charge is 2.36. The molecule has 2 aromatic rings. The lowest BCUT2D eigenvalue weighted by atomic mass is 10.1. The number of urea groups is 1. The summed E-state index contributed by atoms with van der Waals surface area (Å²) in [5.74, 6) is -1.40. The average Bonchev–Trinajstić information content (AvgIpc) is 2.73. The van der Waals surface area contributed by atoms with Gasteiger partial charge in [-0.3, -0.25) is 14.9 Å². The summed E-state index contributed by atoms with van der Waals surface area (Å²) >= 11 is 5.87. The molecule has 2 aromatic carbocycles. The number of ether oxygens (including phenoxy) is 1. The van der Waals surface area contributed by atoms with E-state index in [0.29, 0.717) is 29.5 Å². The Balaban J connectivity index is 1.59. The lowest BCUT2D eigenvalue weighted by Gasteiger charge is -2.29. The highest BCUT2D eigenvalue weighted by atomic mass is 35.5. The van der Waals surface area contributed by atoms with Crippen molar-refractivity contribution < 1.29 is 19.1 Å². The summed E-state index contributed by atoms with van der Waals surface area (Å²) in [6.07, 6.45) is 1.48. The van der Waals surface area contributed by atoms with E-state index in [2.05, 4.69) is 10.2 Å². The minimum absolute atomic E-state index is 0.112. The van der Waals surface area contributed by atoms with Crippen molar-refractivity contribution in [3.8, 4) is 0 Å². The van der Waals surface area contributed by atoms with Gasteiger partial charge in [-0.1, -0.05) is 23.7 Å². The number of hydrogen-bond acceptors (Lipinski definition) is 5. The van der Waals surface area contributed by atoms with Gasteiger partial charge in [0.1, 0.15) is 5.57 Å². The first-order valence-corrected chi connectivity index (χ1v) is 9.50. The van der Waals surface area contributed by atoms with E-state index in [1.54, 1.807) is 24.3 Å². The molecule has 4 rings (SSSR count). The van der Waals surface area contributed by atoms with E-state index in [1.807, 2.05) is 24.3 Å². The lowest BCUT2D eigenvalue weighted by molar-refractivity contribution is -0.122. The molecule has 0 aliphatic carbocycles. The van der Waals surface area contributed by atoms with Crippen molar-refractivity contribution >= 4 is 46.9 Å². The van der Waals surface area contributed by atoms with Crippen molar-refractivity contribution in [2.24, 2.45) is 0 Å². The molecule has 0 spiro atoms. The Labute approximate surface area is 172 Å². The predicted octanol–water partition coefficient (Wildman–Crippen LogP) is 2.84. The van der Waals surface area contributed by atoms with Crippen LogP contribution in [0.1, 0.15) is 5.56 Å². The molecular formula is C21H18ClN3O4. The van der Waals surface area contributed by atoms with Crippen molar-refractivity contribution in [3.63, 3.8) is 0 Å². The van der Waals surface area contributed by atoms with Gasteiger partial charge in [0.15, 0.2) is 0 Å². The van der Waals surface area contributed by atoms with Crippen molar-refractivity contribution in [2.45, 2.75) is 0 Å². The zero-order valence-electron chi connectivity index (χ0n) is 15.4. The maximum Gasteiger partial charge on any atom is 0.335 e. The number of nitrogens with one attached hydrogen (secondary N) is 1. The molecule has 2 aliphatic rings. The zero-order chi connectivity index (χ0) is 20.4. The summed E-state index contributed by atoms with van der Waals surface area (Å²) in [5, 5.41) is 2.69. The Kier molecular flexibility index (Phi) is 5.33. The van der Waals surface area contributed by atoms with Gasteiger partial charge in [0.25, 0.3) is 11.8 Å². The van der Waals surface area contributed by atoms with Crippen molar-refractivity contribution in [1.82, 2.24) is 5.32 Å². The van der Waals surface area contributed by atoms with Crippen LogP contribution in [0, 0.1) is 0 Å². The van der Waals surface area contributed by atoms with E-state index in [9.17, 15) is 14.4 Å². The second kappa shape index (κ2) is 8.06. The molecule has 0 atom stereocenters. The summed E-state index contributed by atoms with van der Waals surface area (Å²) in [5.41, 5.74) is 1.95. The average molecular weight is 412 g/mol. The highest BCUT2D eigenvalue weighted by molar-refractivity contribution is 6.39. The molecule has 0 saturated carbocycles. The van der Waals surface area contributed by atoms with Crippen LogP contribution in [0.5, 0.6) is 0 Å². The van der Waals surface area contributed by atoms with Crippen LogP contribution in [0.2, 0.25) is 5.02 Å². The van der Waals surface area contributed by atoms with E-state index in [1.165, 1.54) is 6.08 Å². The SMILES string of the molecule is O=C1NC(=O)N(c2ccc(Cl)cc2)C(=O)/C1=C/c1ccc(N2CCOCC2)cc1. The molecule has 148 valence electrons. The molecule has 0 aromatic heterocycles. The first kappa shape index (κ1) is 19.2. The minimum atomic E-state index is -0.790. The van der Waals surface area contributed by atoms with Crippen LogP contribution in [-0.2, 0) is 14.3 Å². The van der Waals surface area contributed by atoms with Crippen molar-refractivity contribution in [3.05, 3.63) is 64.7 Å². The molecule has 0 unspecified atom stereocenters. The monoisotopic (exact) mass is 411 g/mol. The molecule has 2 fully saturated rings. The second-order valence-corrected chi connectivity index (χ2v) is 7.06. The summed E-state index contributed by atoms with van der Waals surface area (Å²) in [7, 11) is 0. The normalized spacial score (nSPS) is 18.9. The van der Waals surface area contributed by atoms with E-state index in [4.69, 9.17) is 16.3 Å². The topological polar surface area (TPSA) is 79.0 Å². The Morgan fingerprint density at radius 3 is 2.17 bits per heavy atom. The van der Waals surface area contributed by atoms with Crippen LogP contribution < -0.4 is 15.1 Å². The van der Waals surface area contributed by atoms with Crippen LogP contribution in [0.25, 0.3) is 6.08 Å². The van der Waals surface area contributed by atoms with Crippen molar-refractivity contribution in [1.29, 1.82) is 0 Å². The Morgan fingerprint density at radius 1 is 0.897 bits per heavy atom. The summed E-state index contributed by atoms with van der Waals surface area (Å²) < 4.78 is 5.36. The maximum absolute atomic E-state index is 12.9. The number of benzene rings is 2. The fourth-order valence-electron chi connectivity index (χ4n) is 3.25. The van der Waals surface area contributed by atoms with Gasteiger partial charge in [0, 0.05) is 23.8 Å². The molecule has 8 heteroatoms. The summed E-state index contributed by atoms with van der Waals surface area (Å²) in [6.45, 7) is 3.02. The molecule has 2 heterocycles. The summed E-state index contributed by atoms with van der Waals surface area (Å²) in [4.78, 5) is 40.5. The number of anilines is 2. The number of imide groups is 2. The number of nitrogens with zero attached hydrogens (tertiary/aromatic N) is 2.